The first-order chi connectivity index (χ1) is 12.2. The Morgan fingerprint density at radius 2 is 2.12 bits per heavy atom. The molecule has 1 aromatic carbocycles. The van der Waals surface area contributed by atoms with Gasteiger partial charge in [-0.15, -0.1) is 0 Å². The van der Waals surface area contributed by atoms with Crippen molar-refractivity contribution in [3.8, 4) is 5.75 Å². The summed E-state index contributed by atoms with van der Waals surface area (Å²) >= 11 is 0. The molecule has 1 aliphatic rings. The molecule has 25 heavy (non-hydrogen) atoms. The summed E-state index contributed by atoms with van der Waals surface area (Å²) in [7, 11) is 1.72. The highest BCUT2D eigenvalue weighted by Crippen LogP contribution is 2.30. The minimum Gasteiger partial charge on any atom is -0.497 e. The van der Waals surface area contributed by atoms with Crippen molar-refractivity contribution in [3.05, 3.63) is 65.7 Å². The molecule has 0 bridgehead atoms. The van der Waals surface area contributed by atoms with Crippen molar-refractivity contribution in [3.63, 3.8) is 0 Å². The predicted molar refractivity (Wildman–Crippen MR) is 100 cm³/mol. The number of hydrogen-bond donors (Lipinski definition) is 0. The van der Waals surface area contributed by atoms with Gasteiger partial charge in [0, 0.05) is 25.2 Å². The van der Waals surface area contributed by atoms with E-state index < -0.39 is 0 Å². The van der Waals surface area contributed by atoms with Gasteiger partial charge >= 0.3 is 0 Å². The number of fused-ring (bicyclic) bond motifs is 1. The minimum atomic E-state index is 0.505. The molecule has 130 valence electrons. The van der Waals surface area contributed by atoms with Gasteiger partial charge in [0.2, 0.25) is 0 Å². The van der Waals surface area contributed by atoms with Crippen LogP contribution in [-0.2, 0) is 6.54 Å². The van der Waals surface area contributed by atoms with E-state index in [0.717, 1.165) is 31.2 Å². The fraction of sp³-hybridized carbons (Fsp3) is 0.381. The molecular formula is C21H25N3O. The third-order valence-electron chi connectivity index (χ3n) is 5.19. The number of aryl methyl sites for hydroxylation is 1. The van der Waals surface area contributed by atoms with E-state index in [1.807, 2.05) is 6.07 Å². The Hall–Kier alpha value is -2.33. The number of nitrogens with zero attached hydrogens (tertiary/aromatic N) is 3. The maximum Gasteiger partial charge on any atom is 0.119 e. The lowest BCUT2D eigenvalue weighted by Crippen LogP contribution is -2.34. The first kappa shape index (κ1) is 16.2. The lowest BCUT2D eigenvalue weighted by atomic mass is 9.93. The summed E-state index contributed by atoms with van der Waals surface area (Å²) in [6.07, 6.45) is 4.55. The van der Waals surface area contributed by atoms with Gasteiger partial charge < -0.3 is 9.14 Å². The zero-order valence-corrected chi connectivity index (χ0v) is 15.0. The zero-order valence-electron chi connectivity index (χ0n) is 15.0. The Balaban J connectivity index is 1.54. The monoisotopic (exact) mass is 335 g/mol. The van der Waals surface area contributed by atoms with Gasteiger partial charge in [-0.2, -0.15) is 0 Å². The largest absolute Gasteiger partial charge is 0.497 e. The quantitative estimate of drug-likeness (QED) is 0.721. The Morgan fingerprint density at radius 3 is 3.00 bits per heavy atom. The fourth-order valence-electron chi connectivity index (χ4n) is 3.97. The molecule has 0 aliphatic carbocycles. The molecule has 0 saturated carbocycles. The second-order valence-electron chi connectivity index (χ2n) is 6.93. The molecule has 0 amide bonds. The van der Waals surface area contributed by atoms with Gasteiger partial charge in [0.1, 0.15) is 11.6 Å². The highest BCUT2D eigenvalue weighted by atomic mass is 16.5. The second-order valence-corrected chi connectivity index (χ2v) is 6.93. The van der Waals surface area contributed by atoms with E-state index in [2.05, 4.69) is 58.8 Å². The highest BCUT2D eigenvalue weighted by Gasteiger charge is 2.25. The molecule has 4 nitrogen and oxygen atoms in total. The summed E-state index contributed by atoms with van der Waals surface area (Å²) in [6, 6.07) is 14.8. The van der Waals surface area contributed by atoms with Crippen molar-refractivity contribution < 1.29 is 4.74 Å². The van der Waals surface area contributed by atoms with Crippen LogP contribution < -0.4 is 4.74 Å². The normalized spacial score (nSPS) is 18.6. The first-order valence-electron chi connectivity index (χ1n) is 9.03. The Morgan fingerprint density at radius 1 is 1.20 bits per heavy atom. The van der Waals surface area contributed by atoms with Gasteiger partial charge in [0.05, 0.1) is 18.3 Å². The van der Waals surface area contributed by atoms with E-state index in [4.69, 9.17) is 9.72 Å². The van der Waals surface area contributed by atoms with Crippen LogP contribution in [0.15, 0.2) is 48.7 Å². The van der Waals surface area contributed by atoms with Crippen LogP contribution in [0, 0.1) is 6.92 Å². The van der Waals surface area contributed by atoms with Gasteiger partial charge in [0.25, 0.3) is 0 Å². The van der Waals surface area contributed by atoms with Gasteiger partial charge in [-0.1, -0.05) is 18.2 Å². The Labute approximate surface area is 149 Å². The van der Waals surface area contributed by atoms with E-state index >= 15 is 0 Å². The van der Waals surface area contributed by atoms with Crippen molar-refractivity contribution >= 4 is 5.52 Å². The van der Waals surface area contributed by atoms with E-state index in [1.54, 1.807) is 7.11 Å². The summed E-state index contributed by atoms with van der Waals surface area (Å²) in [5, 5.41) is 0. The van der Waals surface area contributed by atoms with Gasteiger partial charge in [0.15, 0.2) is 0 Å². The smallest absolute Gasteiger partial charge is 0.119 e. The predicted octanol–water partition coefficient (Wildman–Crippen LogP) is 4.03. The van der Waals surface area contributed by atoms with Gasteiger partial charge in [-0.25, -0.2) is 4.98 Å². The standard InChI is InChI=1S/C21H25N3O/c1-16-22-21(20-10-3-4-12-24(16)20)18-8-6-11-23(15-18)14-17-7-5-9-19(13-17)25-2/h3-5,7,9-10,12-13,18H,6,8,11,14-15H2,1-2H3/t18-/m1/s1. The lowest BCUT2D eigenvalue weighted by Gasteiger charge is -2.32. The number of methoxy groups -OCH3 is 1. The molecule has 1 fully saturated rings. The van der Waals surface area contributed by atoms with Gasteiger partial charge in [-0.3, -0.25) is 4.90 Å². The molecule has 4 rings (SSSR count). The van der Waals surface area contributed by atoms with Crippen molar-refractivity contribution in [1.82, 2.24) is 14.3 Å². The summed E-state index contributed by atoms with van der Waals surface area (Å²) in [5.41, 5.74) is 3.83. The zero-order chi connectivity index (χ0) is 17.2. The Bertz CT molecular complexity index is 870. The maximum atomic E-state index is 5.35. The third kappa shape index (κ3) is 3.27. The van der Waals surface area contributed by atoms with Crippen LogP contribution in [0.25, 0.3) is 5.52 Å². The van der Waals surface area contributed by atoms with Crippen LogP contribution in [0.4, 0.5) is 0 Å². The average molecular weight is 335 g/mol. The molecule has 1 aliphatic heterocycles. The van der Waals surface area contributed by atoms with Crippen LogP contribution in [0.1, 0.15) is 35.8 Å². The molecule has 3 heterocycles. The van der Waals surface area contributed by atoms with E-state index in [9.17, 15) is 0 Å². The number of hydrogen-bond acceptors (Lipinski definition) is 3. The van der Waals surface area contributed by atoms with Crippen molar-refractivity contribution in [2.75, 3.05) is 20.2 Å². The molecular weight excluding hydrogens is 310 g/mol. The van der Waals surface area contributed by atoms with Crippen LogP contribution in [0.3, 0.4) is 0 Å². The number of imidazole rings is 1. The van der Waals surface area contributed by atoms with Gasteiger partial charge in [-0.05, 0) is 56.1 Å². The summed E-state index contributed by atoms with van der Waals surface area (Å²) in [5.74, 6) is 2.52. The molecule has 0 spiro atoms. The molecule has 3 aromatic rings. The molecule has 0 radical (unpaired) electrons. The summed E-state index contributed by atoms with van der Waals surface area (Å²) < 4.78 is 7.56. The number of benzene rings is 1. The summed E-state index contributed by atoms with van der Waals surface area (Å²) in [4.78, 5) is 7.45. The number of ether oxygens (including phenoxy) is 1. The first-order valence-corrected chi connectivity index (χ1v) is 9.03. The maximum absolute atomic E-state index is 5.35. The average Bonchev–Trinajstić information content (AvgIpc) is 2.99. The van der Waals surface area contributed by atoms with E-state index in [0.29, 0.717) is 5.92 Å². The highest BCUT2D eigenvalue weighted by molar-refractivity contribution is 5.54. The topological polar surface area (TPSA) is 29.8 Å². The molecule has 1 saturated heterocycles. The van der Waals surface area contributed by atoms with Crippen LogP contribution in [-0.4, -0.2) is 34.5 Å². The summed E-state index contributed by atoms with van der Waals surface area (Å²) in [6.45, 7) is 5.28. The molecule has 1 atom stereocenters. The van der Waals surface area contributed by atoms with Crippen LogP contribution in [0.5, 0.6) is 5.75 Å². The van der Waals surface area contributed by atoms with Crippen molar-refractivity contribution in [2.45, 2.75) is 32.2 Å². The van der Waals surface area contributed by atoms with E-state index in [1.165, 1.54) is 29.6 Å². The molecule has 4 heteroatoms. The number of aromatic nitrogens is 2. The SMILES string of the molecule is COc1cccc(CN2CCC[C@@H](c3nc(C)n4ccccc34)C2)c1. The molecule has 2 aromatic heterocycles. The molecule has 0 N–H and O–H groups in total. The second kappa shape index (κ2) is 6.89. The third-order valence-corrected chi connectivity index (χ3v) is 5.19. The van der Waals surface area contributed by atoms with Crippen molar-refractivity contribution in [2.24, 2.45) is 0 Å². The number of rotatable bonds is 4. The fourth-order valence-corrected chi connectivity index (χ4v) is 3.97. The van der Waals surface area contributed by atoms with E-state index in [-0.39, 0.29) is 0 Å². The minimum absolute atomic E-state index is 0.505. The number of pyridine rings is 1. The van der Waals surface area contributed by atoms with Crippen LogP contribution in [0.2, 0.25) is 0 Å². The van der Waals surface area contributed by atoms with Crippen LogP contribution >= 0.6 is 0 Å². The lowest BCUT2D eigenvalue weighted by molar-refractivity contribution is 0.199. The van der Waals surface area contributed by atoms with Crippen molar-refractivity contribution in [1.29, 1.82) is 0 Å². The Kier molecular flexibility index (Phi) is 4.45. The number of likely N-dealkylation sites (tertiary alicyclic amines) is 1. The number of piperidine rings is 1. The molecule has 0 unspecified atom stereocenters.